The number of terminal acetylenes is 1. The van der Waals surface area contributed by atoms with Crippen LogP contribution in [0.2, 0.25) is 10.0 Å². The highest BCUT2D eigenvalue weighted by Crippen LogP contribution is 2.35. The van der Waals surface area contributed by atoms with Crippen molar-refractivity contribution in [2.45, 2.75) is 31.3 Å². The topological polar surface area (TPSA) is 46.3 Å². The minimum atomic E-state index is -0.636. The maximum atomic E-state index is 12.3. The lowest BCUT2D eigenvalue weighted by Gasteiger charge is -2.27. The monoisotopic (exact) mass is 310 g/mol. The number of amides is 1. The molecule has 0 bridgehead atoms. The average molecular weight is 311 g/mol. The van der Waals surface area contributed by atoms with Gasteiger partial charge in [-0.3, -0.25) is 4.79 Å². The first-order valence-corrected chi connectivity index (χ1v) is 7.24. The zero-order valence-corrected chi connectivity index (χ0v) is 12.5. The van der Waals surface area contributed by atoms with E-state index in [1.54, 1.807) is 11.0 Å². The minimum Gasteiger partial charge on any atom is -0.334 e. The summed E-state index contributed by atoms with van der Waals surface area (Å²) in [6.07, 6.45) is 7.31. The van der Waals surface area contributed by atoms with Crippen molar-refractivity contribution in [3.05, 3.63) is 33.8 Å². The van der Waals surface area contributed by atoms with E-state index in [2.05, 4.69) is 5.92 Å². The Morgan fingerprint density at radius 1 is 1.50 bits per heavy atom. The third kappa shape index (κ3) is 3.09. The molecule has 3 nitrogen and oxygen atoms in total. The molecule has 1 saturated heterocycles. The number of carbonyl (C=O) groups excluding carboxylic acids is 1. The average Bonchev–Trinajstić information content (AvgIpc) is 2.90. The molecule has 1 aliphatic rings. The molecule has 2 unspecified atom stereocenters. The predicted molar refractivity (Wildman–Crippen MR) is 81.6 cm³/mol. The standard InChI is InChI=1S/C15H16Cl2N2O/c1-2-4-13(18)15(20)19-8-3-5-14(19)10-6-7-11(16)12(17)9-10/h1,6-7,9,13-14H,3-5,8,18H2. The summed E-state index contributed by atoms with van der Waals surface area (Å²) in [6.45, 7) is 0.696. The number of likely N-dealkylation sites (tertiary alicyclic amines) is 1. The summed E-state index contributed by atoms with van der Waals surface area (Å²) in [4.78, 5) is 14.1. The van der Waals surface area contributed by atoms with E-state index < -0.39 is 6.04 Å². The van der Waals surface area contributed by atoms with Gasteiger partial charge in [0.2, 0.25) is 5.91 Å². The third-order valence-electron chi connectivity index (χ3n) is 3.52. The minimum absolute atomic E-state index is 0.00101. The number of nitrogens with two attached hydrogens (primary N) is 1. The van der Waals surface area contributed by atoms with Gasteiger partial charge in [0.05, 0.1) is 22.1 Å². The molecule has 1 aromatic rings. The Morgan fingerprint density at radius 2 is 2.25 bits per heavy atom. The van der Waals surface area contributed by atoms with Crippen LogP contribution in [0.1, 0.15) is 30.9 Å². The second-order valence-electron chi connectivity index (χ2n) is 4.88. The first kappa shape index (κ1) is 15.2. The third-order valence-corrected chi connectivity index (χ3v) is 4.26. The van der Waals surface area contributed by atoms with Gasteiger partial charge < -0.3 is 10.6 Å². The molecule has 2 N–H and O–H groups in total. The molecule has 1 amide bonds. The summed E-state index contributed by atoms with van der Waals surface area (Å²) in [7, 11) is 0. The summed E-state index contributed by atoms with van der Waals surface area (Å²) in [5, 5.41) is 1.01. The lowest BCUT2D eigenvalue weighted by atomic mass is 10.0. The van der Waals surface area contributed by atoms with Gasteiger partial charge in [-0.05, 0) is 30.5 Å². The van der Waals surface area contributed by atoms with Crippen molar-refractivity contribution in [2.24, 2.45) is 5.73 Å². The van der Waals surface area contributed by atoms with Crippen LogP contribution >= 0.6 is 23.2 Å². The second-order valence-corrected chi connectivity index (χ2v) is 5.69. The molecule has 2 atom stereocenters. The fraction of sp³-hybridized carbons (Fsp3) is 0.400. The summed E-state index contributed by atoms with van der Waals surface area (Å²) in [5.74, 6) is 2.33. The van der Waals surface area contributed by atoms with Crippen molar-refractivity contribution in [1.29, 1.82) is 0 Å². The Balaban J connectivity index is 2.20. The van der Waals surface area contributed by atoms with E-state index in [0.29, 0.717) is 16.6 Å². The number of hydrogen-bond donors (Lipinski definition) is 1. The number of rotatable bonds is 3. The summed E-state index contributed by atoms with van der Waals surface area (Å²) in [5.41, 5.74) is 6.81. The van der Waals surface area contributed by atoms with Crippen LogP contribution in [0.3, 0.4) is 0 Å². The molecule has 0 radical (unpaired) electrons. The van der Waals surface area contributed by atoms with E-state index in [4.69, 9.17) is 35.4 Å². The fourth-order valence-electron chi connectivity index (χ4n) is 2.52. The maximum Gasteiger partial charge on any atom is 0.240 e. The van der Waals surface area contributed by atoms with Gasteiger partial charge in [0.25, 0.3) is 0 Å². The Bertz CT molecular complexity index is 553. The normalized spacial score (nSPS) is 19.7. The van der Waals surface area contributed by atoms with Gasteiger partial charge in [-0.2, -0.15) is 0 Å². The number of carbonyl (C=O) groups is 1. The van der Waals surface area contributed by atoms with E-state index in [0.717, 1.165) is 18.4 Å². The van der Waals surface area contributed by atoms with Crippen LogP contribution in [0.4, 0.5) is 0 Å². The van der Waals surface area contributed by atoms with E-state index in [1.165, 1.54) is 0 Å². The molecule has 0 aromatic heterocycles. The maximum absolute atomic E-state index is 12.3. The second kappa shape index (κ2) is 6.49. The summed E-state index contributed by atoms with van der Waals surface area (Å²) < 4.78 is 0. The zero-order valence-electron chi connectivity index (χ0n) is 11.0. The largest absolute Gasteiger partial charge is 0.334 e. The molecule has 106 valence electrons. The predicted octanol–water partition coefficient (Wildman–Crippen LogP) is 3.01. The fourth-order valence-corrected chi connectivity index (χ4v) is 2.83. The number of benzene rings is 1. The molecule has 1 fully saturated rings. The SMILES string of the molecule is C#CCC(N)C(=O)N1CCCC1c1ccc(Cl)c(Cl)c1. The van der Waals surface area contributed by atoms with E-state index >= 15 is 0 Å². The summed E-state index contributed by atoms with van der Waals surface area (Å²) >= 11 is 12.0. The molecule has 0 aliphatic carbocycles. The van der Waals surface area contributed by atoms with Crippen molar-refractivity contribution in [1.82, 2.24) is 4.90 Å². The first-order valence-electron chi connectivity index (χ1n) is 6.49. The van der Waals surface area contributed by atoms with Gasteiger partial charge in [0.15, 0.2) is 0 Å². The van der Waals surface area contributed by atoms with E-state index in [-0.39, 0.29) is 18.4 Å². The van der Waals surface area contributed by atoms with Crippen molar-refractivity contribution in [3.63, 3.8) is 0 Å². The quantitative estimate of drug-likeness (QED) is 0.872. The van der Waals surface area contributed by atoms with Crippen LogP contribution in [0.25, 0.3) is 0 Å². The number of halogens is 2. The Labute approximate surface area is 129 Å². The van der Waals surface area contributed by atoms with Gasteiger partial charge in [-0.25, -0.2) is 0 Å². The van der Waals surface area contributed by atoms with Crippen LogP contribution in [0.15, 0.2) is 18.2 Å². The first-order chi connectivity index (χ1) is 9.54. The van der Waals surface area contributed by atoms with Gasteiger partial charge in [0.1, 0.15) is 0 Å². The van der Waals surface area contributed by atoms with Crippen LogP contribution in [0.5, 0.6) is 0 Å². The molecule has 2 rings (SSSR count). The molecule has 0 saturated carbocycles. The van der Waals surface area contributed by atoms with Crippen molar-refractivity contribution in [3.8, 4) is 12.3 Å². The highest BCUT2D eigenvalue weighted by atomic mass is 35.5. The van der Waals surface area contributed by atoms with Gasteiger partial charge in [0, 0.05) is 13.0 Å². The molecule has 0 spiro atoms. The van der Waals surface area contributed by atoms with Crippen molar-refractivity contribution in [2.75, 3.05) is 6.54 Å². The number of hydrogen-bond acceptors (Lipinski definition) is 2. The molecule has 20 heavy (non-hydrogen) atoms. The lowest BCUT2D eigenvalue weighted by Crippen LogP contribution is -2.43. The van der Waals surface area contributed by atoms with Crippen molar-refractivity contribution < 1.29 is 4.79 Å². The molecular weight excluding hydrogens is 295 g/mol. The van der Waals surface area contributed by atoms with Gasteiger partial charge in [-0.1, -0.05) is 29.3 Å². The summed E-state index contributed by atoms with van der Waals surface area (Å²) in [6, 6.07) is 4.83. The zero-order chi connectivity index (χ0) is 14.7. The Kier molecular flexibility index (Phi) is 4.93. The lowest BCUT2D eigenvalue weighted by molar-refractivity contribution is -0.133. The molecular formula is C15H16Cl2N2O. The highest BCUT2D eigenvalue weighted by molar-refractivity contribution is 6.42. The van der Waals surface area contributed by atoms with Crippen LogP contribution in [0, 0.1) is 12.3 Å². The number of nitrogens with zero attached hydrogens (tertiary/aromatic N) is 1. The van der Waals surface area contributed by atoms with Gasteiger partial charge in [-0.15, -0.1) is 12.3 Å². The molecule has 1 aliphatic heterocycles. The van der Waals surface area contributed by atoms with Crippen LogP contribution in [-0.2, 0) is 4.79 Å². The smallest absolute Gasteiger partial charge is 0.240 e. The van der Waals surface area contributed by atoms with Gasteiger partial charge >= 0.3 is 0 Å². The Morgan fingerprint density at radius 3 is 2.90 bits per heavy atom. The molecule has 5 heteroatoms. The molecule has 1 heterocycles. The van der Waals surface area contributed by atoms with Crippen LogP contribution < -0.4 is 5.73 Å². The Hall–Kier alpha value is -1.21. The molecule has 1 aromatic carbocycles. The van der Waals surface area contributed by atoms with Crippen molar-refractivity contribution >= 4 is 29.1 Å². The van der Waals surface area contributed by atoms with Crippen LogP contribution in [-0.4, -0.2) is 23.4 Å². The van der Waals surface area contributed by atoms with E-state index in [1.807, 2.05) is 12.1 Å². The van der Waals surface area contributed by atoms with E-state index in [9.17, 15) is 4.79 Å². The highest BCUT2D eigenvalue weighted by Gasteiger charge is 2.32.